The third-order valence-corrected chi connectivity index (χ3v) is 4.64. The van der Waals surface area contributed by atoms with Crippen LogP contribution in [-0.2, 0) is 9.84 Å². The minimum atomic E-state index is -3.25. The van der Waals surface area contributed by atoms with Gasteiger partial charge in [-0.15, -0.1) is 0 Å². The number of urea groups is 1. The van der Waals surface area contributed by atoms with Gasteiger partial charge in [0.15, 0.2) is 0 Å². The van der Waals surface area contributed by atoms with Crippen molar-refractivity contribution in [1.82, 2.24) is 5.32 Å². The minimum Gasteiger partial charge on any atom is -0.330 e. The number of carbonyl (C=O) groups is 1. The van der Waals surface area contributed by atoms with Crippen molar-refractivity contribution in [2.45, 2.75) is 19.9 Å². The topological polar surface area (TPSA) is 75.3 Å². The van der Waals surface area contributed by atoms with Crippen LogP contribution in [0.2, 0.25) is 0 Å². The maximum atomic E-state index is 12.4. The fourth-order valence-corrected chi connectivity index (χ4v) is 3.41. The molecule has 2 rings (SSSR count). The van der Waals surface area contributed by atoms with E-state index in [0.717, 1.165) is 28.6 Å². The number of anilines is 1. The highest BCUT2D eigenvalue weighted by molar-refractivity contribution is 7.90. The highest BCUT2D eigenvalue weighted by Gasteiger charge is 2.20. The molecule has 0 unspecified atom stereocenters. The lowest BCUT2D eigenvalue weighted by Gasteiger charge is -2.20. The van der Waals surface area contributed by atoms with Crippen LogP contribution in [0.5, 0.6) is 0 Å². The van der Waals surface area contributed by atoms with E-state index in [4.69, 9.17) is 0 Å². The second-order valence-electron chi connectivity index (χ2n) is 5.92. The summed E-state index contributed by atoms with van der Waals surface area (Å²) in [6.45, 7) is 3.82. The predicted octanol–water partition coefficient (Wildman–Crippen LogP) is 3.21. The first kappa shape index (κ1) is 18.0. The molecule has 2 N–H and O–H groups in total. The summed E-state index contributed by atoms with van der Waals surface area (Å²) >= 11 is 0. The van der Waals surface area contributed by atoms with Gasteiger partial charge in [0.2, 0.25) is 0 Å². The minimum absolute atomic E-state index is 0.156. The van der Waals surface area contributed by atoms with E-state index in [2.05, 4.69) is 10.6 Å². The van der Waals surface area contributed by atoms with Crippen molar-refractivity contribution in [2.75, 3.05) is 17.3 Å². The molecule has 128 valence electrons. The van der Waals surface area contributed by atoms with Gasteiger partial charge in [-0.1, -0.05) is 48.5 Å². The molecule has 0 aliphatic heterocycles. The van der Waals surface area contributed by atoms with Gasteiger partial charge in [-0.25, -0.2) is 13.2 Å². The number of sulfone groups is 1. The number of carbonyl (C=O) groups excluding carboxylic acids is 1. The number of amides is 2. The first-order valence-corrected chi connectivity index (χ1v) is 9.69. The number of hydrogen-bond donors (Lipinski definition) is 2. The zero-order chi connectivity index (χ0) is 17.7. The molecule has 0 aliphatic carbocycles. The number of nitrogens with one attached hydrogen (secondary N) is 2. The van der Waals surface area contributed by atoms with Crippen LogP contribution in [0.15, 0.2) is 48.5 Å². The number of benzene rings is 2. The molecule has 2 aromatic carbocycles. The summed E-state index contributed by atoms with van der Waals surface area (Å²) in [5, 5.41) is 5.58. The Bertz CT molecular complexity index is 797. The standard InChI is InChI=1S/C18H22N2O3S/c1-13-8-7-9-14(2)17(13)20-18(21)19-16(12-24(3,22)23)15-10-5-4-6-11-15/h4-11,16H,12H2,1-3H3,(H2,19,20,21)/t16-/m0/s1. The Hall–Kier alpha value is -2.34. The van der Waals surface area contributed by atoms with E-state index in [1.807, 2.05) is 50.2 Å². The lowest BCUT2D eigenvalue weighted by molar-refractivity contribution is 0.249. The van der Waals surface area contributed by atoms with Crippen molar-refractivity contribution in [2.24, 2.45) is 0 Å². The normalized spacial score (nSPS) is 12.5. The van der Waals surface area contributed by atoms with Gasteiger partial charge in [0.25, 0.3) is 0 Å². The Morgan fingerprint density at radius 2 is 1.58 bits per heavy atom. The number of aryl methyl sites for hydroxylation is 2. The van der Waals surface area contributed by atoms with E-state index in [9.17, 15) is 13.2 Å². The Kier molecular flexibility index (Phi) is 5.62. The molecule has 0 saturated carbocycles. The summed E-state index contributed by atoms with van der Waals surface area (Å²) in [6, 6.07) is 13.8. The van der Waals surface area contributed by atoms with Crippen molar-refractivity contribution in [3.05, 3.63) is 65.2 Å². The van der Waals surface area contributed by atoms with Crippen LogP contribution < -0.4 is 10.6 Å². The molecule has 0 spiro atoms. The van der Waals surface area contributed by atoms with Crippen molar-refractivity contribution < 1.29 is 13.2 Å². The highest BCUT2D eigenvalue weighted by Crippen LogP contribution is 2.20. The molecule has 2 aromatic rings. The molecule has 0 bridgehead atoms. The first-order valence-electron chi connectivity index (χ1n) is 7.62. The molecule has 24 heavy (non-hydrogen) atoms. The van der Waals surface area contributed by atoms with E-state index in [1.165, 1.54) is 0 Å². The van der Waals surface area contributed by atoms with Crippen LogP contribution in [0.1, 0.15) is 22.7 Å². The summed E-state index contributed by atoms with van der Waals surface area (Å²) in [4.78, 5) is 12.4. The van der Waals surface area contributed by atoms with Crippen LogP contribution in [-0.4, -0.2) is 26.5 Å². The average Bonchev–Trinajstić information content (AvgIpc) is 2.50. The van der Waals surface area contributed by atoms with E-state index in [1.54, 1.807) is 12.1 Å². The number of hydrogen-bond acceptors (Lipinski definition) is 3. The Morgan fingerprint density at radius 1 is 1.00 bits per heavy atom. The van der Waals surface area contributed by atoms with E-state index >= 15 is 0 Å². The molecule has 0 fully saturated rings. The van der Waals surface area contributed by atoms with Gasteiger partial charge in [0, 0.05) is 11.9 Å². The van der Waals surface area contributed by atoms with Gasteiger partial charge in [-0.3, -0.25) is 0 Å². The molecule has 6 heteroatoms. The zero-order valence-corrected chi connectivity index (χ0v) is 14.9. The van der Waals surface area contributed by atoms with Crippen molar-refractivity contribution in [3.8, 4) is 0 Å². The maximum Gasteiger partial charge on any atom is 0.319 e. The van der Waals surface area contributed by atoms with Crippen LogP contribution in [0.25, 0.3) is 0 Å². The number of para-hydroxylation sites is 1. The average molecular weight is 346 g/mol. The van der Waals surface area contributed by atoms with Gasteiger partial charge in [0.05, 0.1) is 11.8 Å². The van der Waals surface area contributed by atoms with E-state index in [0.29, 0.717) is 0 Å². The molecule has 5 nitrogen and oxygen atoms in total. The smallest absolute Gasteiger partial charge is 0.319 e. The van der Waals surface area contributed by atoms with Crippen molar-refractivity contribution in [1.29, 1.82) is 0 Å². The largest absolute Gasteiger partial charge is 0.330 e. The summed E-state index contributed by atoms with van der Waals surface area (Å²) in [5.74, 6) is -0.156. The molecule has 0 aliphatic rings. The van der Waals surface area contributed by atoms with Gasteiger partial charge < -0.3 is 10.6 Å². The summed E-state index contributed by atoms with van der Waals surface area (Å²) in [7, 11) is -3.25. The summed E-state index contributed by atoms with van der Waals surface area (Å²) in [5.41, 5.74) is 3.38. The second-order valence-corrected chi connectivity index (χ2v) is 8.11. The Labute approximate surface area is 143 Å². The fourth-order valence-electron chi connectivity index (χ4n) is 2.53. The monoisotopic (exact) mass is 346 g/mol. The molecular formula is C18H22N2O3S. The van der Waals surface area contributed by atoms with Crippen molar-refractivity contribution in [3.63, 3.8) is 0 Å². The zero-order valence-electron chi connectivity index (χ0n) is 14.0. The van der Waals surface area contributed by atoms with Gasteiger partial charge in [0.1, 0.15) is 9.84 Å². The van der Waals surface area contributed by atoms with Gasteiger partial charge in [-0.05, 0) is 30.5 Å². The molecule has 0 radical (unpaired) electrons. The Morgan fingerprint density at radius 3 is 2.12 bits per heavy atom. The summed E-state index contributed by atoms with van der Waals surface area (Å²) in [6.07, 6.45) is 1.16. The van der Waals surface area contributed by atoms with Crippen LogP contribution in [0, 0.1) is 13.8 Å². The lowest BCUT2D eigenvalue weighted by Crippen LogP contribution is -2.36. The van der Waals surface area contributed by atoms with Crippen LogP contribution in [0.4, 0.5) is 10.5 Å². The summed E-state index contributed by atoms with van der Waals surface area (Å²) < 4.78 is 23.4. The highest BCUT2D eigenvalue weighted by atomic mass is 32.2. The molecule has 1 atom stereocenters. The SMILES string of the molecule is Cc1cccc(C)c1NC(=O)N[C@@H](CS(C)(=O)=O)c1ccccc1. The fraction of sp³-hybridized carbons (Fsp3) is 0.278. The van der Waals surface area contributed by atoms with E-state index < -0.39 is 21.9 Å². The molecular weight excluding hydrogens is 324 g/mol. The third-order valence-electron chi connectivity index (χ3n) is 3.70. The second kappa shape index (κ2) is 7.49. The maximum absolute atomic E-state index is 12.4. The molecule has 2 amide bonds. The van der Waals surface area contributed by atoms with Crippen LogP contribution in [0.3, 0.4) is 0 Å². The van der Waals surface area contributed by atoms with Gasteiger partial charge in [-0.2, -0.15) is 0 Å². The lowest BCUT2D eigenvalue weighted by atomic mass is 10.1. The Balaban J connectivity index is 2.18. The first-order chi connectivity index (χ1) is 11.3. The third kappa shape index (κ3) is 5.09. The van der Waals surface area contributed by atoms with Crippen LogP contribution >= 0.6 is 0 Å². The molecule has 0 heterocycles. The molecule has 0 saturated heterocycles. The number of rotatable bonds is 5. The predicted molar refractivity (Wildman–Crippen MR) is 97.0 cm³/mol. The van der Waals surface area contributed by atoms with E-state index in [-0.39, 0.29) is 5.75 Å². The quantitative estimate of drug-likeness (QED) is 0.873. The van der Waals surface area contributed by atoms with Crippen molar-refractivity contribution >= 4 is 21.6 Å². The molecule has 0 aromatic heterocycles. The van der Waals surface area contributed by atoms with Gasteiger partial charge >= 0.3 is 6.03 Å².